The minimum Gasteiger partial charge on any atom is -0.345 e. The standard InChI is InChI=1S/C16H21N3O3S/c1-11(2)12-6-5-7-13(8-12)18-16(20)15-9-14(10-19(15)4)23(21,22)17-3/h5-11,17H,1-4H3,(H,18,20). The highest BCUT2D eigenvalue weighted by atomic mass is 32.2. The zero-order valence-electron chi connectivity index (χ0n) is 13.6. The molecular weight excluding hydrogens is 314 g/mol. The smallest absolute Gasteiger partial charge is 0.272 e. The lowest BCUT2D eigenvalue weighted by Gasteiger charge is -2.09. The Kier molecular flexibility index (Phi) is 4.91. The van der Waals surface area contributed by atoms with E-state index in [1.165, 1.54) is 23.9 Å². The number of amides is 1. The van der Waals surface area contributed by atoms with E-state index in [1.54, 1.807) is 13.1 Å². The van der Waals surface area contributed by atoms with Crippen LogP contribution in [-0.4, -0.2) is 25.9 Å². The van der Waals surface area contributed by atoms with E-state index in [4.69, 9.17) is 0 Å². The van der Waals surface area contributed by atoms with Crippen molar-refractivity contribution in [2.24, 2.45) is 7.05 Å². The van der Waals surface area contributed by atoms with Gasteiger partial charge in [-0.3, -0.25) is 4.79 Å². The maximum absolute atomic E-state index is 12.4. The molecule has 2 aromatic rings. The Balaban J connectivity index is 2.27. The van der Waals surface area contributed by atoms with Crippen LogP contribution in [0.5, 0.6) is 0 Å². The largest absolute Gasteiger partial charge is 0.345 e. The zero-order valence-corrected chi connectivity index (χ0v) is 14.4. The Morgan fingerprint density at radius 2 is 1.91 bits per heavy atom. The summed E-state index contributed by atoms with van der Waals surface area (Å²) in [5, 5.41) is 2.80. The van der Waals surface area contributed by atoms with Gasteiger partial charge < -0.3 is 9.88 Å². The maximum atomic E-state index is 12.4. The van der Waals surface area contributed by atoms with E-state index in [1.807, 2.05) is 18.2 Å². The number of nitrogens with zero attached hydrogens (tertiary/aromatic N) is 1. The van der Waals surface area contributed by atoms with Crippen LogP contribution in [-0.2, 0) is 17.1 Å². The van der Waals surface area contributed by atoms with Crippen LogP contribution in [0.4, 0.5) is 5.69 Å². The summed E-state index contributed by atoms with van der Waals surface area (Å²) in [6, 6.07) is 8.95. The van der Waals surface area contributed by atoms with Crippen molar-refractivity contribution < 1.29 is 13.2 Å². The molecule has 0 aliphatic carbocycles. The van der Waals surface area contributed by atoms with Gasteiger partial charge in [0.15, 0.2) is 0 Å². The summed E-state index contributed by atoms with van der Waals surface area (Å²) < 4.78 is 27.3. The van der Waals surface area contributed by atoms with Gasteiger partial charge in [0.25, 0.3) is 5.91 Å². The van der Waals surface area contributed by atoms with Gasteiger partial charge in [-0.2, -0.15) is 0 Å². The number of carbonyl (C=O) groups excluding carboxylic acids is 1. The lowest BCUT2D eigenvalue weighted by Crippen LogP contribution is -2.18. The van der Waals surface area contributed by atoms with Crippen molar-refractivity contribution in [1.29, 1.82) is 0 Å². The van der Waals surface area contributed by atoms with Crippen molar-refractivity contribution in [3.8, 4) is 0 Å². The van der Waals surface area contributed by atoms with E-state index in [9.17, 15) is 13.2 Å². The highest BCUT2D eigenvalue weighted by Crippen LogP contribution is 2.20. The fourth-order valence-electron chi connectivity index (χ4n) is 2.20. The number of hydrogen-bond donors (Lipinski definition) is 2. The second-order valence-corrected chi connectivity index (χ2v) is 7.50. The highest BCUT2D eigenvalue weighted by molar-refractivity contribution is 7.89. The first-order valence-electron chi connectivity index (χ1n) is 7.26. The van der Waals surface area contributed by atoms with E-state index in [2.05, 4.69) is 23.9 Å². The molecule has 6 nitrogen and oxygen atoms in total. The fourth-order valence-corrected chi connectivity index (χ4v) is 2.99. The number of aryl methyl sites for hydroxylation is 1. The lowest BCUT2D eigenvalue weighted by atomic mass is 10.0. The number of hydrogen-bond acceptors (Lipinski definition) is 3. The van der Waals surface area contributed by atoms with Crippen molar-refractivity contribution in [3.63, 3.8) is 0 Å². The van der Waals surface area contributed by atoms with Crippen LogP contribution in [0.3, 0.4) is 0 Å². The van der Waals surface area contributed by atoms with Crippen LogP contribution >= 0.6 is 0 Å². The summed E-state index contributed by atoms with van der Waals surface area (Å²) in [5.74, 6) is 0.000205. The molecule has 23 heavy (non-hydrogen) atoms. The van der Waals surface area contributed by atoms with Crippen LogP contribution in [0.1, 0.15) is 35.8 Å². The monoisotopic (exact) mass is 335 g/mol. The molecule has 0 saturated heterocycles. The minimum absolute atomic E-state index is 0.0589. The number of anilines is 1. The van der Waals surface area contributed by atoms with Gasteiger partial charge in [-0.15, -0.1) is 0 Å². The molecule has 1 heterocycles. The van der Waals surface area contributed by atoms with E-state index in [0.29, 0.717) is 11.6 Å². The van der Waals surface area contributed by atoms with Crippen LogP contribution in [0.2, 0.25) is 0 Å². The summed E-state index contributed by atoms with van der Waals surface area (Å²) in [4.78, 5) is 12.5. The van der Waals surface area contributed by atoms with Crippen molar-refractivity contribution in [2.45, 2.75) is 24.7 Å². The first-order valence-corrected chi connectivity index (χ1v) is 8.74. The summed E-state index contributed by atoms with van der Waals surface area (Å²) in [7, 11) is -0.609. The van der Waals surface area contributed by atoms with Crippen molar-refractivity contribution >= 4 is 21.6 Å². The van der Waals surface area contributed by atoms with Gasteiger partial charge in [-0.1, -0.05) is 26.0 Å². The third-order valence-corrected chi connectivity index (χ3v) is 4.98. The SMILES string of the molecule is CNS(=O)(=O)c1cc(C(=O)Nc2cccc(C(C)C)c2)n(C)c1. The van der Waals surface area contributed by atoms with Gasteiger partial charge in [0, 0.05) is 18.9 Å². The summed E-state index contributed by atoms with van der Waals surface area (Å²) >= 11 is 0. The number of sulfonamides is 1. The predicted molar refractivity (Wildman–Crippen MR) is 90.1 cm³/mol. The van der Waals surface area contributed by atoms with Gasteiger partial charge in [0.2, 0.25) is 10.0 Å². The van der Waals surface area contributed by atoms with Gasteiger partial charge >= 0.3 is 0 Å². The Hall–Kier alpha value is -2.12. The molecule has 0 fully saturated rings. The molecule has 0 unspecified atom stereocenters. The van der Waals surface area contributed by atoms with Gasteiger partial charge in [0.05, 0.1) is 0 Å². The topological polar surface area (TPSA) is 80.2 Å². The molecule has 0 spiro atoms. The van der Waals surface area contributed by atoms with Crippen LogP contribution in [0.15, 0.2) is 41.4 Å². The molecule has 7 heteroatoms. The number of benzene rings is 1. The van der Waals surface area contributed by atoms with Gasteiger partial charge in [-0.25, -0.2) is 13.1 Å². The van der Waals surface area contributed by atoms with E-state index < -0.39 is 10.0 Å². The molecule has 124 valence electrons. The van der Waals surface area contributed by atoms with E-state index in [-0.39, 0.29) is 16.5 Å². The van der Waals surface area contributed by atoms with E-state index >= 15 is 0 Å². The first kappa shape index (κ1) is 17.2. The third kappa shape index (κ3) is 3.80. The van der Waals surface area contributed by atoms with Crippen molar-refractivity contribution in [3.05, 3.63) is 47.8 Å². The van der Waals surface area contributed by atoms with Crippen LogP contribution in [0.25, 0.3) is 0 Å². The second kappa shape index (κ2) is 6.55. The molecule has 0 saturated carbocycles. The van der Waals surface area contributed by atoms with Crippen molar-refractivity contribution in [2.75, 3.05) is 12.4 Å². The molecule has 1 aromatic heterocycles. The molecular formula is C16H21N3O3S. The summed E-state index contributed by atoms with van der Waals surface area (Å²) in [5.41, 5.74) is 2.07. The Morgan fingerprint density at radius 3 is 2.52 bits per heavy atom. The molecule has 0 radical (unpaired) electrons. The molecule has 0 aliphatic rings. The van der Waals surface area contributed by atoms with Crippen molar-refractivity contribution in [1.82, 2.24) is 9.29 Å². The Morgan fingerprint density at radius 1 is 1.22 bits per heavy atom. The zero-order chi connectivity index (χ0) is 17.2. The number of aromatic nitrogens is 1. The van der Waals surface area contributed by atoms with Crippen LogP contribution in [0, 0.1) is 0 Å². The lowest BCUT2D eigenvalue weighted by molar-refractivity contribution is 0.101. The normalized spacial score (nSPS) is 11.7. The maximum Gasteiger partial charge on any atom is 0.272 e. The molecule has 1 aromatic carbocycles. The molecule has 0 bridgehead atoms. The second-order valence-electron chi connectivity index (χ2n) is 5.61. The summed E-state index contributed by atoms with van der Waals surface area (Å²) in [6.45, 7) is 4.15. The molecule has 2 rings (SSSR count). The number of carbonyl (C=O) groups is 1. The third-order valence-electron chi connectivity index (χ3n) is 3.60. The fraction of sp³-hybridized carbons (Fsp3) is 0.312. The van der Waals surface area contributed by atoms with E-state index in [0.717, 1.165) is 5.56 Å². The molecule has 0 aliphatic heterocycles. The highest BCUT2D eigenvalue weighted by Gasteiger charge is 2.19. The summed E-state index contributed by atoms with van der Waals surface area (Å²) in [6.07, 6.45) is 1.41. The molecule has 0 atom stereocenters. The Labute approximate surface area is 136 Å². The van der Waals surface area contributed by atoms with Gasteiger partial charge in [0.1, 0.15) is 10.6 Å². The average Bonchev–Trinajstić information content (AvgIpc) is 2.90. The predicted octanol–water partition coefficient (Wildman–Crippen LogP) is 2.31. The first-order chi connectivity index (χ1) is 10.7. The minimum atomic E-state index is -3.58. The average molecular weight is 335 g/mol. The molecule has 2 N–H and O–H groups in total. The number of nitrogens with one attached hydrogen (secondary N) is 2. The number of rotatable bonds is 5. The molecule has 1 amide bonds. The Bertz CT molecular complexity index is 823. The van der Waals surface area contributed by atoms with Gasteiger partial charge in [-0.05, 0) is 36.7 Å². The van der Waals surface area contributed by atoms with Crippen LogP contribution < -0.4 is 10.0 Å². The quantitative estimate of drug-likeness (QED) is 0.880.